The summed E-state index contributed by atoms with van der Waals surface area (Å²) >= 11 is 1.60. The predicted molar refractivity (Wildman–Crippen MR) is 105 cm³/mol. The first-order chi connectivity index (χ1) is 13.2. The number of nitrogens with one attached hydrogen (secondary N) is 1. The van der Waals surface area contributed by atoms with Gasteiger partial charge in [0, 0.05) is 12.7 Å². The van der Waals surface area contributed by atoms with Gasteiger partial charge in [-0.2, -0.15) is 0 Å². The Labute approximate surface area is 159 Å². The fourth-order valence-corrected chi connectivity index (χ4v) is 3.60. The van der Waals surface area contributed by atoms with E-state index in [0.717, 1.165) is 16.1 Å². The number of amides is 1. The normalized spacial score (nSPS) is 10.8. The van der Waals surface area contributed by atoms with Crippen LogP contribution in [0, 0.1) is 0 Å². The Morgan fingerprint density at radius 3 is 2.81 bits per heavy atom. The van der Waals surface area contributed by atoms with Crippen molar-refractivity contribution in [1.29, 1.82) is 0 Å². The highest BCUT2D eigenvalue weighted by molar-refractivity contribution is 7.13. The average Bonchev–Trinajstić information content (AvgIpc) is 3.24. The summed E-state index contributed by atoms with van der Waals surface area (Å²) in [6.07, 6.45) is 3.14. The van der Waals surface area contributed by atoms with Gasteiger partial charge in [0.05, 0.1) is 27.8 Å². The number of rotatable bonds is 5. The molecule has 0 aliphatic carbocycles. The monoisotopic (exact) mass is 376 g/mol. The van der Waals surface area contributed by atoms with Crippen LogP contribution in [0.15, 0.2) is 71.2 Å². The molecule has 0 unspecified atom stereocenters. The molecule has 0 bridgehead atoms. The van der Waals surface area contributed by atoms with Gasteiger partial charge in [-0.05, 0) is 35.2 Å². The van der Waals surface area contributed by atoms with Crippen molar-refractivity contribution in [2.45, 2.75) is 13.1 Å². The highest BCUT2D eigenvalue weighted by Gasteiger charge is 2.11. The van der Waals surface area contributed by atoms with Gasteiger partial charge in [-0.25, -0.2) is 4.98 Å². The van der Waals surface area contributed by atoms with Crippen molar-refractivity contribution in [3.63, 3.8) is 0 Å². The van der Waals surface area contributed by atoms with Crippen molar-refractivity contribution in [3.8, 4) is 10.6 Å². The zero-order valence-corrected chi connectivity index (χ0v) is 15.1. The van der Waals surface area contributed by atoms with Crippen LogP contribution in [0.25, 0.3) is 21.5 Å². The van der Waals surface area contributed by atoms with Gasteiger partial charge in [-0.1, -0.05) is 24.3 Å². The first kappa shape index (κ1) is 17.1. The molecule has 1 aromatic carbocycles. The number of hydrogen-bond acceptors (Lipinski definition) is 5. The van der Waals surface area contributed by atoms with E-state index in [0.29, 0.717) is 17.4 Å². The van der Waals surface area contributed by atoms with E-state index in [2.05, 4.69) is 15.3 Å². The molecule has 3 aromatic heterocycles. The van der Waals surface area contributed by atoms with Crippen molar-refractivity contribution in [2.75, 3.05) is 0 Å². The molecule has 3 heterocycles. The maximum Gasteiger partial charge on any atom is 0.261 e. The number of pyridine rings is 1. The SMILES string of the molecule is O=C(Cn1cnc2ccccc2c1=O)NCc1cccnc1-c1cccs1. The van der Waals surface area contributed by atoms with Gasteiger partial charge in [0.25, 0.3) is 5.56 Å². The van der Waals surface area contributed by atoms with E-state index in [-0.39, 0.29) is 18.0 Å². The Hall–Kier alpha value is -3.32. The summed E-state index contributed by atoms with van der Waals surface area (Å²) in [6.45, 7) is 0.265. The van der Waals surface area contributed by atoms with Gasteiger partial charge < -0.3 is 5.32 Å². The lowest BCUT2D eigenvalue weighted by atomic mass is 10.1. The van der Waals surface area contributed by atoms with Crippen molar-refractivity contribution in [3.05, 3.63) is 82.4 Å². The molecular weight excluding hydrogens is 360 g/mol. The summed E-state index contributed by atoms with van der Waals surface area (Å²) in [5, 5.41) is 5.35. The molecule has 0 saturated carbocycles. The van der Waals surface area contributed by atoms with E-state index >= 15 is 0 Å². The van der Waals surface area contributed by atoms with E-state index in [1.807, 2.05) is 35.7 Å². The number of thiophene rings is 1. The maximum absolute atomic E-state index is 12.5. The van der Waals surface area contributed by atoms with Gasteiger partial charge in [0.15, 0.2) is 0 Å². The lowest BCUT2D eigenvalue weighted by Gasteiger charge is -2.10. The summed E-state index contributed by atoms with van der Waals surface area (Å²) in [6, 6.07) is 14.8. The van der Waals surface area contributed by atoms with Crippen LogP contribution in [0.5, 0.6) is 0 Å². The lowest BCUT2D eigenvalue weighted by Crippen LogP contribution is -2.32. The van der Waals surface area contributed by atoms with Crippen molar-refractivity contribution in [2.24, 2.45) is 0 Å². The number of hydrogen-bond donors (Lipinski definition) is 1. The van der Waals surface area contributed by atoms with Crippen LogP contribution in [-0.2, 0) is 17.9 Å². The zero-order valence-electron chi connectivity index (χ0n) is 14.3. The zero-order chi connectivity index (χ0) is 18.6. The molecule has 27 heavy (non-hydrogen) atoms. The Bertz CT molecular complexity index is 1150. The second-order valence-corrected chi connectivity index (χ2v) is 6.91. The fraction of sp³-hybridized carbons (Fsp3) is 0.100. The minimum Gasteiger partial charge on any atom is -0.350 e. The average molecular weight is 376 g/mol. The van der Waals surface area contributed by atoms with Gasteiger partial charge in [-0.3, -0.25) is 19.1 Å². The van der Waals surface area contributed by atoms with Crippen LogP contribution >= 0.6 is 11.3 Å². The number of fused-ring (bicyclic) bond motifs is 1. The molecule has 0 spiro atoms. The number of carbonyl (C=O) groups excluding carboxylic acids is 1. The second kappa shape index (κ2) is 7.51. The molecule has 0 saturated heterocycles. The minimum atomic E-state index is -0.254. The molecular formula is C20H16N4O2S. The third-order valence-electron chi connectivity index (χ3n) is 4.17. The Kier molecular flexibility index (Phi) is 4.76. The molecule has 4 aromatic rings. The van der Waals surface area contributed by atoms with E-state index in [1.165, 1.54) is 10.9 Å². The van der Waals surface area contributed by atoms with E-state index < -0.39 is 0 Å². The van der Waals surface area contributed by atoms with Crippen LogP contribution < -0.4 is 10.9 Å². The summed E-state index contributed by atoms with van der Waals surface area (Å²) in [4.78, 5) is 34.5. The molecule has 1 N–H and O–H groups in total. The number of nitrogens with zero attached hydrogens (tertiary/aromatic N) is 3. The second-order valence-electron chi connectivity index (χ2n) is 5.96. The molecule has 1 amide bonds. The third kappa shape index (κ3) is 3.63. The first-order valence-corrected chi connectivity index (χ1v) is 9.29. The number of para-hydroxylation sites is 1. The molecule has 134 valence electrons. The third-order valence-corrected chi connectivity index (χ3v) is 5.04. The molecule has 0 fully saturated rings. The highest BCUT2D eigenvalue weighted by atomic mass is 32.1. The Morgan fingerprint density at radius 2 is 1.96 bits per heavy atom. The summed E-state index contributed by atoms with van der Waals surface area (Å²) in [7, 11) is 0. The highest BCUT2D eigenvalue weighted by Crippen LogP contribution is 2.25. The Balaban J connectivity index is 1.49. The van der Waals surface area contributed by atoms with Crippen molar-refractivity contribution >= 4 is 28.1 Å². The molecule has 0 radical (unpaired) electrons. The molecule has 4 rings (SSSR count). The number of carbonyl (C=O) groups is 1. The Morgan fingerprint density at radius 1 is 1.07 bits per heavy atom. The first-order valence-electron chi connectivity index (χ1n) is 8.41. The van der Waals surface area contributed by atoms with Gasteiger partial charge >= 0.3 is 0 Å². The molecule has 7 heteroatoms. The van der Waals surface area contributed by atoms with E-state index in [9.17, 15) is 9.59 Å². The predicted octanol–water partition coefficient (Wildman–Crippen LogP) is 2.84. The molecule has 0 aliphatic rings. The molecule has 6 nitrogen and oxygen atoms in total. The largest absolute Gasteiger partial charge is 0.350 e. The van der Waals surface area contributed by atoms with Gasteiger partial charge in [-0.15, -0.1) is 11.3 Å². The standard InChI is InChI=1S/C20H16N4O2S/c25-18(12-24-13-23-16-7-2-1-6-15(16)20(24)26)22-11-14-5-3-9-21-19(14)17-8-4-10-27-17/h1-10,13H,11-12H2,(H,22,25). The van der Waals surface area contributed by atoms with Crippen LogP contribution in [-0.4, -0.2) is 20.4 Å². The summed E-state index contributed by atoms with van der Waals surface area (Å²) in [5.41, 5.74) is 2.18. The van der Waals surface area contributed by atoms with Crippen molar-refractivity contribution < 1.29 is 4.79 Å². The maximum atomic E-state index is 12.5. The summed E-state index contributed by atoms with van der Waals surface area (Å²) in [5.74, 6) is -0.254. The van der Waals surface area contributed by atoms with Gasteiger partial charge in [0.2, 0.25) is 5.91 Å². The fourth-order valence-electron chi connectivity index (χ4n) is 2.84. The van der Waals surface area contributed by atoms with Crippen molar-refractivity contribution in [1.82, 2.24) is 19.9 Å². The topological polar surface area (TPSA) is 76.9 Å². The quantitative estimate of drug-likeness (QED) is 0.581. The summed E-state index contributed by atoms with van der Waals surface area (Å²) < 4.78 is 1.32. The number of benzene rings is 1. The van der Waals surface area contributed by atoms with Crippen LogP contribution in [0.3, 0.4) is 0 Å². The molecule has 0 aliphatic heterocycles. The van der Waals surface area contributed by atoms with Gasteiger partial charge in [0.1, 0.15) is 6.54 Å². The number of aromatic nitrogens is 3. The van der Waals surface area contributed by atoms with Crippen LogP contribution in [0.1, 0.15) is 5.56 Å². The molecule has 0 atom stereocenters. The van der Waals surface area contributed by atoms with Crippen LogP contribution in [0.4, 0.5) is 0 Å². The minimum absolute atomic E-state index is 0.0781. The lowest BCUT2D eigenvalue weighted by molar-refractivity contribution is -0.121. The van der Waals surface area contributed by atoms with E-state index in [1.54, 1.807) is 35.7 Å². The van der Waals surface area contributed by atoms with E-state index in [4.69, 9.17) is 0 Å². The van der Waals surface area contributed by atoms with Crippen LogP contribution in [0.2, 0.25) is 0 Å². The smallest absolute Gasteiger partial charge is 0.261 e.